The minimum absolute atomic E-state index is 0.0182. The molecule has 2 heterocycles. The maximum atomic E-state index is 13.5. The molecule has 144 valence electrons. The maximum Gasteiger partial charge on any atom is 0.255 e. The third kappa shape index (κ3) is 3.24. The van der Waals surface area contributed by atoms with Gasteiger partial charge in [0.25, 0.3) is 5.91 Å². The average Bonchev–Trinajstić information content (AvgIpc) is 3.04. The molecule has 1 fully saturated rings. The molecule has 2 aliphatic rings. The number of hydrogen-bond acceptors (Lipinski definition) is 4. The van der Waals surface area contributed by atoms with Crippen molar-refractivity contribution in [1.82, 2.24) is 10.2 Å². The van der Waals surface area contributed by atoms with E-state index in [4.69, 9.17) is 1.37 Å². The molecule has 0 aliphatic carbocycles. The molecule has 2 N–H and O–H groups in total. The van der Waals surface area contributed by atoms with E-state index in [2.05, 4.69) is 10.6 Å². The van der Waals surface area contributed by atoms with Crippen LogP contribution in [0, 0.1) is 12.7 Å². The van der Waals surface area contributed by atoms with Crippen molar-refractivity contribution in [2.45, 2.75) is 38.9 Å². The quantitative estimate of drug-likeness (QED) is 0.797. The van der Waals surface area contributed by atoms with Crippen molar-refractivity contribution in [3.05, 3.63) is 64.5 Å². The number of benzene rings is 2. The average molecular weight is 382 g/mol. The van der Waals surface area contributed by atoms with Gasteiger partial charge >= 0.3 is 0 Å². The number of halogens is 1. The molecule has 0 radical (unpaired) electrons. The van der Waals surface area contributed by atoms with Gasteiger partial charge in [-0.1, -0.05) is 18.2 Å². The zero-order valence-corrected chi connectivity index (χ0v) is 15.3. The van der Waals surface area contributed by atoms with Crippen molar-refractivity contribution >= 4 is 23.4 Å². The summed E-state index contributed by atoms with van der Waals surface area (Å²) in [6.07, 6.45) is -0.0145. The predicted molar refractivity (Wildman–Crippen MR) is 101 cm³/mol. The standard InChI is InChI=1S/C21H20FN3O3/c1-12-9-13(5-6-16(12)22)10-23-17-4-2-3-14-15(17)11-25(21(14)28)18-7-8-19(26)24-20(18)27/h2-6,9,18,23H,7-8,10-11H2,1H3,(H,24,26,27)/t18-/m1/s1/i18D. The minimum Gasteiger partial charge on any atom is -0.381 e. The number of nitrogens with zero attached hydrogens (tertiary/aromatic N) is 1. The minimum atomic E-state index is -1.81. The highest BCUT2D eigenvalue weighted by Gasteiger charge is 2.39. The fourth-order valence-electron chi connectivity index (χ4n) is 3.59. The molecule has 4 rings (SSSR count). The van der Waals surface area contributed by atoms with E-state index in [0.717, 1.165) is 11.3 Å². The Morgan fingerprint density at radius 2 is 2.11 bits per heavy atom. The van der Waals surface area contributed by atoms with Crippen molar-refractivity contribution in [2.24, 2.45) is 0 Å². The molecule has 0 aromatic heterocycles. The van der Waals surface area contributed by atoms with Crippen molar-refractivity contribution in [1.29, 1.82) is 0 Å². The van der Waals surface area contributed by atoms with Gasteiger partial charge in [-0.2, -0.15) is 0 Å². The molecular weight excluding hydrogens is 361 g/mol. The van der Waals surface area contributed by atoms with Gasteiger partial charge in [0.05, 0.1) is 1.37 Å². The molecule has 0 spiro atoms. The lowest BCUT2D eigenvalue weighted by Crippen LogP contribution is -2.52. The SMILES string of the molecule is [2H][C@@]1(N2Cc3c(NCc4ccc(F)c(C)c4)cccc3C2=O)CCC(=O)NC1=O. The van der Waals surface area contributed by atoms with Crippen LogP contribution in [0.5, 0.6) is 0 Å². The Bertz CT molecular complexity index is 1040. The fourth-order valence-corrected chi connectivity index (χ4v) is 3.59. The Morgan fingerprint density at radius 3 is 2.86 bits per heavy atom. The van der Waals surface area contributed by atoms with E-state index < -0.39 is 23.7 Å². The van der Waals surface area contributed by atoms with Gasteiger partial charge in [-0.15, -0.1) is 0 Å². The van der Waals surface area contributed by atoms with Crippen LogP contribution in [-0.4, -0.2) is 28.6 Å². The van der Waals surface area contributed by atoms with Crippen LogP contribution in [0.4, 0.5) is 10.1 Å². The first-order chi connectivity index (χ1) is 13.8. The maximum absolute atomic E-state index is 13.5. The number of carbonyl (C=O) groups excluding carboxylic acids is 3. The Labute approximate surface area is 163 Å². The molecule has 1 atom stereocenters. The topological polar surface area (TPSA) is 78.5 Å². The normalized spacial score (nSPS) is 22.0. The number of anilines is 1. The van der Waals surface area contributed by atoms with E-state index in [9.17, 15) is 18.8 Å². The summed E-state index contributed by atoms with van der Waals surface area (Å²) in [5, 5.41) is 5.43. The number of aryl methyl sites for hydroxylation is 1. The fraction of sp³-hybridized carbons (Fsp3) is 0.286. The van der Waals surface area contributed by atoms with Crippen LogP contribution in [0.25, 0.3) is 0 Å². The second kappa shape index (κ2) is 7.07. The predicted octanol–water partition coefficient (Wildman–Crippen LogP) is 2.51. The highest BCUT2D eigenvalue weighted by molar-refractivity contribution is 6.06. The molecular formula is C21H20FN3O3. The summed E-state index contributed by atoms with van der Waals surface area (Å²) < 4.78 is 22.0. The van der Waals surface area contributed by atoms with Crippen LogP contribution in [0.15, 0.2) is 36.4 Å². The van der Waals surface area contributed by atoms with Gasteiger partial charge in [0.1, 0.15) is 11.8 Å². The summed E-state index contributed by atoms with van der Waals surface area (Å²) in [6, 6.07) is 8.28. The van der Waals surface area contributed by atoms with Gasteiger partial charge < -0.3 is 10.2 Å². The summed E-state index contributed by atoms with van der Waals surface area (Å²) in [6.45, 7) is 2.24. The van der Waals surface area contributed by atoms with E-state index >= 15 is 0 Å². The number of imide groups is 1. The molecule has 6 nitrogen and oxygen atoms in total. The summed E-state index contributed by atoms with van der Waals surface area (Å²) in [5.74, 6) is -1.87. The van der Waals surface area contributed by atoms with Crippen LogP contribution >= 0.6 is 0 Å². The van der Waals surface area contributed by atoms with Crippen molar-refractivity contribution in [3.63, 3.8) is 0 Å². The largest absolute Gasteiger partial charge is 0.381 e. The first-order valence-electron chi connectivity index (χ1n) is 9.56. The second-order valence-electron chi connectivity index (χ2n) is 6.98. The van der Waals surface area contributed by atoms with Crippen LogP contribution in [0.1, 0.15) is 41.3 Å². The lowest BCUT2D eigenvalue weighted by atomic mass is 10.0. The van der Waals surface area contributed by atoms with Crippen LogP contribution in [0.2, 0.25) is 0 Å². The summed E-state index contributed by atoms with van der Waals surface area (Å²) in [5.41, 5.74) is 3.30. The molecule has 2 aromatic rings. The zero-order valence-electron chi connectivity index (χ0n) is 16.3. The van der Waals surface area contributed by atoms with E-state index in [1.165, 1.54) is 11.0 Å². The lowest BCUT2D eigenvalue weighted by molar-refractivity contribution is -0.136. The number of rotatable bonds is 4. The Hall–Kier alpha value is -3.22. The third-order valence-electron chi connectivity index (χ3n) is 5.10. The van der Waals surface area contributed by atoms with Crippen LogP contribution in [-0.2, 0) is 22.7 Å². The van der Waals surface area contributed by atoms with Crippen molar-refractivity contribution in [2.75, 3.05) is 5.32 Å². The molecule has 2 aromatic carbocycles. The number of nitrogens with one attached hydrogen (secondary N) is 2. The van der Waals surface area contributed by atoms with Gasteiger partial charge in [0.2, 0.25) is 11.8 Å². The molecule has 7 heteroatoms. The van der Waals surface area contributed by atoms with Crippen molar-refractivity contribution in [3.8, 4) is 0 Å². The van der Waals surface area contributed by atoms with Gasteiger partial charge in [-0.25, -0.2) is 4.39 Å². The zero-order chi connectivity index (χ0) is 20.8. The summed E-state index contributed by atoms with van der Waals surface area (Å²) in [4.78, 5) is 37.9. The number of fused-ring (bicyclic) bond motifs is 1. The van der Waals surface area contributed by atoms with E-state index in [1.54, 1.807) is 31.2 Å². The monoisotopic (exact) mass is 382 g/mol. The lowest BCUT2D eigenvalue weighted by Gasteiger charge is -2.29. The van der Waals surface area contributed by atoms with Crippen LogP contribution in [0.3, 0.4) is 0 Å². The summed E-state index contributed by atoms with van der Waals surface area (Å²) in [7, 11) is 0. The molecule has 1 saturated heterocycles. The Kier molecular flexibility index (Phi) is 4.27. The third-order valence-corrected chi connectivity index (χ3v) is 5.10. The molecule has 2 aliphatic heterocycles. The molecule has 0 unspecified atom stereocenters. The Balaban J connectivity index is 1.57. The smallest absolute Gasteiger partial charge is 0.255 e. The molecule has 0 bridgehead atoms. The second-order valence-corrected chi connectivity index (χ2v) is 6.98. The summed E-state index contributed by atoms with van der Waals surface area (Å²) >= 11 is 0. The number of hydrogen-bond donors (Lipinski definition) is 2. The number of piperidine rings is 1. The van der Waals surface area contributed by atoms with E-state index in [1.807, 2.05) is 6.07 Å². The van der Waals surface area contributed by atoms with Crippen molar-refractivity contribution < 1.29 is 20.1 Å². The first kappa shape index (κ1) is 16.9. The first-order valence-corrected chi connectivity index (χ1v) is 9.06. The van der Waals surface area contributed by atoms with Crippen LogP contribution < -0.4 is 10.6 Å². The van der Waals surface area contributed by atoms with E-state index in [-0.39, 0.29) is 25.2 Å². The van der Waals surface area contributed by atoms with Gasteiger partial charge in [-0.3, -0.25) is 19.7 Å². The van der Waals surface area contributed by atoms with Gasteiger partial charge in [0.15, 0.2) is 0 Å². The molecule has 3 amide bonds. The highest BCUT2D eigenvalue weighted by atomic mass is 19.1. The van der Waals surface area contributed by atoms with E-state index in [0.29, 0.717) is 23.2 Å². The molecule has 0 saturated carbocycles. The molecule has 28 heavy (non-hydrogen) atoms. The number of carbonyl (C=O) groups is 3. The van der Waals surface area contributed by atoms with Gasteiger partial charge in [-0.05, 0) is 42.7 Å². The highest BCUT2D eigenvalue weighted by Crippen LogP contribution is 2.32. The number of amides is 3. The van der Waals surface area contributed by atoms with Gasteiger partial charge in [0, 0.05) is 36.3 Å². The Morgan fingerprint density at radius 1 is 1.29 bits per heavy atom.